The van der Waals surface area contributed by atoms with E-state index in [0.717, 1.165) is 24.0 Å². The number of nitrogen functional groups attached to an aromatic ring is 1. The Morgan fingerprint density at radius 2 is 2.09 bits per heavy atom. The maximum Gasteiger partial charge on any atom is 0.120 e. The largest absolute Gasteiger partial charge is 0.399 e. The molecule has 1 rings (SSSR count). The third-order valence-electron chi connectivity index (χ3n) is 1.59. The van der Waals surface area contributed by atoms with Crippen LogP contribution in [0.3, 0.4) is 0 Å². The number of anilines is 1. The minimum atomic E-state index is 0.550. The lowest BCUT2D eigenvalue weighted by atomic mass is 10.1. The molecule has 2 nitrogen and oxygen atoms in total. The van der Waals surface area contributed by atoms with Crippen LogP contribution in [0.5, 0.6) is 0 Å². The fourth-order valence-electron chi connectivity index (χ4n) is 0.976. The number of nitrogens with two attached hydrogens (primary N) is 1. The molecule has 0 amide bonds. The summed E-state index contributed by atoms with van der Waals surface area (Å²) >= 11 is 0. The molecule has 0 aromatic heterocycles. The predicted octanol–water partition coefficient (Wildman–Crippen LogP) is 1.40. The molecular formula is C9H11NO. The molecule has 0 bridgehead atoms. The van der Waals surface area contributed by atoms with Crippen LogP contribution in [-0.2, 0) is 11.2 Å². The summed E-state index contributed by atoms with van der Waals surface area (Å²) in [4.78, 5) is 10.0. The first kappa shape index (κ1) is 7.79. The molecule has 2 heteroatoms. The van der Waals surface area contributed by atoms with Gasteiger partial charge in [0.05, 0.1) is 0 Å². The van der Waals surface area contributed by atoms with E-state index in [4.69, 9.17) is 5.73 Å². The second kappa shape index (κ2) is 3.76. The molecule has 0 saturated heterocycles. The van der Waals surface area contributed by atoms with Crippen molar-refractivity contribution in [3.63, 3.8) is 0 Å². The Morgan fingerprint density at radius 1 is 1.36 bits per heavy atom. The van der Waals surface area contributed by atoms with Crippen molar-refractivity contribution in [3.8, 4) is 0 Å². The summed E-state index contributed by atoms with van der Waals surface area (Å²) in [5, 5.41) is 0. The van der Waals surface area contributed by atoms with Crippen molar-refractivity contribution in [3.05, 3.63) is 29.8 Å². The lowest BCUT2D eigenvalue weighted by Crippen LogP contribution is -1.93. The van der Waals surface area contributed by atoms with Gasteiger partial charge < -0.3 is 10.5 Å². The minimum Gasteiger partial charge on any atom is -0.399 e. The smallest absolute Gasteiger partial charge is 0.120 e. The first-order valence-electron chi connectivity index (χ1n) is 3.61. The molecule has 1 aromatic carbocycles. The molecular weight excluding hydrogens is 138 g/mol. The van der Waals surface area contributed by atoms with Crippen LogP contribution in [0, 0.1) is 0 Å². The molecule has 2 N–H and O–H groups in total. The Labute approximate surface area is 66.0 Å². The zero-order chi connectivity index (χ0) is 8.10. The van der Waals surface area contributed by atoms with E-state index >= 15 is 0 Å². The summed E-state index contributed by atoms with van der Waals surface area (Å²) in [6.07, 6.45) is 2.21. The topological polar surface area (TPSA) is 43.1 Å². The van der Waals surface area contributed by atoms with Gasteiger partial charge in [0, 0.05) is 12.1 Å². The fraction of sp³-hybridized carbons (Fsp3) is 0.222. The Hall–Kier alpha value is -1.31. The standard InChI is InChI=1S/C9H11NO/c10-9-6-2-1-4-8(9)5-3-7-11/h1-2,4,6-7H,3,5,10H2. The van der Waals surface area contributed by atoms with E-state index in [1.165, 1.54) is 0 Å². The van der Waals surface area contributed by atoms with Crippen LogP contribution < -0.4 is 5.73 Å². The van der Waals surface area contributed by atoms with Crippen LogP contribution in [0.4, 0.5) is 5.69 Å². The van der Waals surface area contributed by atoms with E-state index < -0.39 is 0 Å². The highest BCUT2D eigenvalue weighted by molar-refractivity contribution is 5.53. The number of aryl methyl sites for hydroxylation is 1. The van der Waals surface area contributed by atoms with Gasteiger partial charge in [-0.25, -0.2) is 0 Å². The van der Waals surface area contributed by atoms with Gasteiger partial charge in [-0.1, -0.05) is 18.2 Å². The van der Waals surface area contributed by atoms with Gasteiger partial charge in [0.15, 0.2) is 0 Å². The van der Waals surface area contributed by atoms with E-state index in [-0.39, 0.29) is 0 Å². The molecule has 58 valence electrons. The van der Waals surface area contributed by atoms with Gasteiger partial charge in [0.1, 0.15) is 6.29 Å². The summed E-state index contributed by atoms with van der Waals surface area (Å²) in [5.41, 5.74) is 7.47. The van der Waals surface area contributed by atoms with E-state index in [0.29, 0.717) is 6.42 Å². The first-order chi connectivity index (χ1) is 5.34. The molecule has 0 radical (unpaired) electrons. The van der Waals surface area contributed by atoms with Gasteiger partial charge in [0.25, 0.3) is 0 Å². The molecule has 11 heavy (non-hydrogen) atoms. The molecule has 0 heterocycles. The average molecular weight is 149 g/mol. The van der Waals surface area contributed by atoms with Gasteiger partial charge in [-0.05, 0) is 18.1 Å². The van der Waals surface area contributed by atoms with Crippen molar-refractivity contribution in [1.29, 1.82) is 0 Å². The third kappa shape index (κ3) is 2.08. The highest BCUT2D eigenvalue weighted by Gasteiger charge is 1.95. The lowest BCUT2D eigenvalue weighted by molar-refractivity contribution is -0.107. The Morgan fingerprint density at radius 3 is 2.73 bits per heavy atom. The van der Waals surface area contributed by atoms with E-state index in [9.17, 15) is 4.79 Å². The van der Waals surface area contributed by atoms with Crippen molar-refractivity contribution in [2.24, 2.45) is 0 Å². The van der Waals surface area contributed by atoms with Crippen LogP contribution in [-0.4, -0.2) is 6.29 Å². The van der Waals surface area contributed by atoms with Gasteiger partial charge >= 0.3 is 0 Å². The predicted molar refractivity (Wildman–Crippen MR) is 45.2 cm³/mol. The van der Waals surface area contributed by atoms with Crippen molar-refractivity contribution in [1.82, 2.24) is 0 Å². The highest BCUT2D eigenvalue weighted by Crippen LogP contribution is 2.11. The summed E-state index contributed by atoms with van der Waals surface area (Å²) < 4.78 is 0. The normalized spacial score (nSPS) is 9.45. The number of para-hydroxylation sites is 1. The Balaban J connectivity index is 2.69. The molecule has 0 spiro atoms. The summed E-state index contributed by atoms with van der Waals surface area (Å²) in [7, 11) is 0. The highest BCUT2D eigenvalue weighted by atomic mass is 16.1. The summed E-state index contributed by atoms with van der Waals surface area (Å²) in [5.74, 6) is 0. The minimum absolute atomic E-state index is 0.550. The zero-order valence-corrected chi connectivity index (χ0v) is 6.29. The molecule has 0 aliphatic heterocycles. The lowest BCUT2D eigenvalue weighted by Gasteiger charge is -2.00. The number of rotatable bonds is 3. The maximum atomic E-state index is 10.0. The van der Waals surface area contributed by atoms with Crippen LogP contribution in [0.15, 0.2) is 24.3 Å². The van der Waals surface area contributed by atoms with Crippen LogP contribution in [0.25, 0.3) is 0 Å². The third-order valence-corrected chi connectivity index (χ3v) is 1.59. The van der Waals surface area contributed by atoms with Gasteiger partial charge in [-0.3, -0.25) is 0 Å². The fourth-order valence-corrected chi connectivity index (χ4v) is 0.976. The zero-order valence-electron chi connectivity index (χ0n) is 6.29. The van der Waals surface area contributed by atoms with Crippen molar-refractivity contribution in [2.45, 2.75) is 12.8 Å². The summed E-state index contributed by atoms with van der Waals surface area (Å²) in [6.45, 7) is 0. The van der Waals surface area contributed by atoms with Crippen LogP contribution in [0.1, 0.15) is 12.0 Å². The van der Waals surface area contributed by atoms with E-state index in [1.807, 2.05) is 24.3 Å². The monoisotopic (exact) mass is 149 g/mol. The molecule has 0 unspecified atom stereocenters. The van der Waals surface area contributed by atoms with Gasteiger partial charge in [0.2, 0.25) is 0 Å². The molecule has 0 atom stereocenters. The SMILES string of the molecule is Nc1ccccc1CCC=O. The number of carbonyl (C=O) groups is 1. The van der Waals surface area contributed by atoms with Gasteiger partial charge in [-0.2, -0.15) is 0 Å². The number of benzene rings is 1. The second-order valence-corrected chi connectivity index (χ2v) is 2.40. The second-order valence-electron chi connectivity index (χ2n) is 2.40. The first-order valence-corrected chi connectivity index (χ1v) is 3.61. The Bertz CT molecular complexity index is 245. The van der Waals surface area contributed by atoms with E-state index in [2.05, 4.69) is 0 Å². The van der Waals surface area contributed by atoms with E-state index in [1.54, 1.807) is 0 Å². The molecule has 0 aliphatic carbocycles. The van der Waals surface area contributed by atoms with Crippen LogP contribution in [0.2, 0.25) is 0 Å². The number of aldehydes is 1. The van der Waals surface area contributed by atoms with Crippen LogP contribution >= 0.6 is 0 Å². The van der Waals surface area contributed by atoms with Crippen molar-refractivity contribution < 1.29 is 4.79 Å². The molecule has 0 saturated carbocycles. The quantitative estimate of drug-likeness (QED) is 0.521. The number of hydrogen-bond acceptors (Lipinski definition) is 2. The number of hydrogen-bond donors (Lipinski definition) is 1. The molecule has 0 fully saturated rings. The average Bonchev–Trinajstić information content (AvgIpc) is 2.03. The maximum absolute atomic E-state index is 10.0. The molecule has 1 aromatic rings. The van der Waals surface area contributed by atoms with Gasteiger partial charge in [-0.15, -0.1) is 0 Å². The van der Waals surface area contributed by atoms with Crippen molar-refractivity contribution in [2.75, 3.05) is 5.73 Å². The van der Waals surface area contributed by atoms with Crippen molar-refractivity contribution >= 4 is 12.0 Å². The summed E-state index contributed by atoms with van der Waals surface area (Å²) in [6, 6.07) is 7.61. The molecule has 0 aliphatic rings. The number of carbonyl (C=O) groups excluding carboxylic acids is 1. The Kier molecular flexibility index (Phi) is 2.66.